The van der Waals surface area contributed by atoms with Gasteiger partial charge in [0.2, 0.25) is 0 Å². The Kier molecular flexibility index (Phi) is 6.25. The summed E-state index contributed by atoms with van der Waals surface area (Å²) in [6.07, 6.45) is 6.65. The molecule has 0 bridgehead atoms. The van der Waals surface area contributed by atoms with E-state index < -0.39 is 0 Å². The van der Waals surface area contributed by atoms with Crippen LogP contribution in [0.15, 0.2) is 24.3 Å². The topological polar surface area (TPSA) is 21.3 Å². The quantitative estimate of drug-likeness (QED) is 0.736. The minimum absolute atomic E-state index is 0.458. The first-order valence-corrected chi connectivity index (χ1v) is 8.49. The summed E-state index contributed by atoms with van der Waals surface area (Å²) in [5.41, 5.74) is 3.18. The Morgan fingerprint density at radius 3 is 2.62 bits per heavy atom. The molecular weight excluding hydrogens is 258 g/mol. The van der Waals surface area contributed by atoms with E-state index in [9.17, 15) is 0 Å². The van der Waals surface area contributed by atoms with Gasteiger partial charge < -0.3 is 10.1 Å². The molecule has 2 rings (SSSR count). The molecule has 1 N–H and O–H groups in total. The van der Waals surface area contributed by atoms with Gasteiger partial charge in [0.1, 0.15) is 0 Å². The monoisotopic (exact) mass is 289 g/mol. The van der Waals surface area contributed by atoms with Gasteiger partial charge in [-0.25, -0.2) is 0 Å². The summed E-state index contributed by atoms with van der Waals surface area (Å²) in [7, 11) is 0. The second kappa shape index (κ2) is 7.95. The maximum Gasteiger partial charge on any atom is 0.0720 e. The van der Waals surface area contributed by atoms with E-state index in [2.05, 4.69) is 50.4 Å². The SMILES string of the molecule is CCCNCc1cccc(COC2CCC(C)(C)CC2)c1. The van der Waals surface area contributed by atoms with Crippen molar-refractivity contribution < 1.29 is 4.74 Å². The highest BCUT2D eigenvalue weighted by Crippen LogP contribution is 2.36. The summed E-state index contributed by atoms with van der Waals surface area (Å²) in [5, 5.41) is 3.45. The molecule has 0 heterocycles. The number of benzene rings is 1. The standard InChI is InChI=1S/C19H31NO/c1-4-12-20-14-16-6-5-7-17(13-16)15-21-18-8-10-19(2,3)11-9-18/h5-7,13,18,20H,4,8-12,14-15H2,1-3H3. The fraction of sp³-hybridized carbons (Fsp3) is 0.684. The highest BCUT2D eigenvalue weighted by atomic mass is 16.5. The highest BCUT2D eigenvalue weighted by molar-refractivity contribution is 5.22. The van der Waals surface area contributed by atoms with Crippen LogP contribution >= 0.6 is 0 Å². The molecule has 0 aromatic heterocycles. The van der Waals surface area contributed by atoms with Crippen molar-refractivity contribution in [1.82, 2.24) is 5.32 Å². The molecule has 1 aromatic carbocycles. The number of hydrogen-bond donors (Lipinski definition) is 1. The summed E-state index contributed by atoms with van der Waals surface area (Å²) in [5.74, 6) is 0. The van der Waals surface area contributed by atoms with Gasteiger partial charge in [-0.05, 0) is 55.2 Å². The summed E-state index contributed by atoms with van der Waals surface area (Å²) >= 11 is 0. The second-order valence-corrected chi connectivity index (χ2v) is 7.17. The largest absolute Gasteiger partial charge is 0.374 e. The van der Waals surface area contributed by atoms with Crippen molar-refractivity contribution >= 4 is 0 Å². The van der Waals surface area contributed by atoms with E-state index in [0.717, 1.165) is 19.7 Å². The summed E-state index contributed by atoms with van der Waals surface area (Å²) in [4.78, 5) is 0. The molecule has 0 radical (unpaired) electrons. The summed E-state index contributed by atoms with van der Waals surface area (Å²) < 4.78 is 6.12. The molecule has 1 aromatic rings. The lowest BCUT2D eigenvalue weighted by molar-refractivity contribution is -0.00560. The van der Waals surface area contributed by atoms with Crippen LogP contribution in [0.2, 0.25) is 0 Å². The lowest BCUT2D eigenvalue weighted by Gasteiger charge is -2.34. The van der Waals surface area contributed by atoms with Crippen LogP contribution in [0.5, 0.6) is 0 Å². The Labute approximate surface area is 130 Å². The molecule has 0 spiro atoms. The fourth-order valence-corrected chi connectivity index (χ4v) is 2.99. The van der Waals surface area contributed by atoms with Crippen molar-refractivity contribution in [3.63, 3.8) is 0 Å². The first-order valence-electron chi connectivity index (χ1n) is 8.49. The van der Waals surface area contributed by atoms with E-state index in [-0.39, 0.29) is 0 Å². The lowest BCUT2D eigenvalue weighted by Crippen LogP contribution is -2.26. The van der Waals surface area contributed by atoms with E-state index in [1.807, 2.05) is 0 Å². The van der Waals surface area contributed by atoms with Crippen LogP contribution in [0.1, 0.15) is 64.0 Å². The number of nitrogens with one attached hydrogen (secondary N) is 1. The van der Waals surface area contributed by atoms with Crippen LogP contribution in [0.3, 0.4) is 0 Å². The van der Waals surface area contributed by atoms with Crippen LogP contribution in [-0.4, -0.2) is 12.6 Å². The van der Waals surface area contributed by atoms with Crippen molar-refractivity contribution in [2.75, 3.05) is 6.54 Å². The zero-order valence-corrected chi connectivity index (χ0v) is 14.0. The minimum atomic E-state index is 0.458. The average molecular weight is 289 g/mol. The lowest BCUT2D eigenvalue weighted by atomic mass is 9.76. The van der Waals surface area contributed by atoms with Gasteiger partial charge in [-0.2, -0.15) is 0 Å². The first kappa shape index (κ1) is 16.5. The van der Waals surface area contributed by atoms with Crippen molar-refractivity contribution in [3.05, 3.63) is 35.4 Å². The molecule has 21 heavy (non-hydrogen) atoms. The van der Waals surface area contributed by atoms with Crippen LogP contribution in [0.25, 0.3) is 0 Å². The molecule has 2 heteroatoms. The number of rotatable bonds is 7. The Bertz CT molecular complexity index is 417. The van der Waals surface area contributed by atoms with Gasteiger partial charge in [0, 0.05) is 6.54 Å². The number of hydrogen-bond acceptors (Lipinski definition) is 2. The predicted molar refractivity (Wildman–Crippen MR) is 89.3 cm³/mol. The maximum atomic E-state index is 6.12. The van der Waals surface area contributed by atoms with Gasteiger partial charge in [0.25, 0.3) is 0 Å². The molecule has 0 atom stereocenters. The van der Waals surface area contributed by atoms with Gasteiger partial charge >= 0.3 is 0 Å². The van der Waals surface area contributed by atoms with Crippen molar-refractivity contribution in [1.29, 1.82) is 0 Å². The van der Waals surface area contributed by atoms with E-state index in [0.29, 0.717) is 11.5 Å². The zero-order valence-electron chi connectivity index (χ0n) is 14.0. The van der Waals surface area contributed by atoms with Gasteiger partial charge in [-0.1, -0.05) is 45.0 Å². The third-order valence-corrected chi connectivity index (χ3v) is 4.52. The normalized spacial score (nSPS) is 18.8. The van der Waals surface area contributed by atoms with Crippen LogP contribution in [0.4, 0.5) is 0 Å². The van der Waals surface area contributed by atoms with E-state index in [1.54, 1.807) is 0 Å². The second-order valence-electron chi connectivity index (χ2n) is 7.17. The molecule has 1 aliphatic carbocycles. The maximum absolute atomic E-state index is 6.12. The van der Waals surface area contributed by atoms with Gasteiger partial charge in [0.05, 0.1) is 12.7 Å². The zero-order chi connectivity index (χ0) is 15.1. The van der Waals surface area contributed by atoms with Gasteiger partial charge in [-0.15, -0.1) is 0 Å². The fourth-order valence-electron chi connectivity index (χ4n) is 2.99. The Morgan fingerprint density at radius 1 is 1.19 bits per heavy atom. The first-order chi connectivity index (χ1) is 10.1. The summed E-state index contributed by atoms with van der Waals surface area (Å²) in [6.45, 7) is 9.74. The van der Waals surface area contributed by atoms with Crippen LogP contribution in [-0.2, 0) is 17.9 Å². The van der Waals surface area contributed by atoms with Gasteiger partial charge in [-0.3, -0.25) is 0 Å². The summed E-state index contributed by atoms with van der Waals surface area (Å²) in [6, 6.07) is 8.78. The highest BCUT2D eigenvalue weighted by Gasteiger charge is 2.27. The third-order valence-electron chi connectivity index (χ3n) is 4.52. The predicted octanol–water partition coefficient (Wildman–Crippen LogP) is 4.67. The average Bonchev–Trinajstić information content (AvgIpc) is 2.47. The van der Waals surface area contributed by atoms with Crippen LogP contribution in [0, 0.1) is 5.41 Å². The molecule has 118 valence electrons. The number of ether oxygens (including phenoxy) is 1. The molecule has 1 aliphatic rings. The Hall–Kier alpha value is -0.860. The van der Waals surface area contributed by atoms with Crippen molar-refractivity contribution in [3.8, 4) is 0 Å². The molecule has 1 saturated carbocycles. The Morgan fingerprint density at radius 2 is 1.90 bits per heavy atom. The van der Waals surface area contributed by atoms with E-state index >= 15 is 0 Å². The molecule has 0 aliphatic heterocycles. The smallest absolute Gasteiger partial charge is 0.0720 e. The molecular formula is C19H31NO. The minimum Gasteiger partial charge on any atom is -0.374 e. The molecule has 0 unspecified atom stereocenters. The molecule has 0 saturated heterocycles. The van der Waals surface area contributed by atoms with Crippen molar-refractivity contribution in [2.45, 2.75) is 72.1 Å². The Balaban J connectivity index is 1.76. The van der Waals surface area contributed by atoms with E-state index in [4.69, 9.17) is 4.74 Å². The van der Waals surface area contributed by atoms with Crippen LogP contribution < -0.4 is 5.32 Å². The van der Waals surface area contributed by atoms with Crippen molar-refractivity contribution in [2.24, 2.45) is 5.41 Å². The third kappa shape index (κ3) is 5.80. The van der Waals surface area contributed by atoms with Gasteiger partial charge in [0.15, 0.2) is 0 Å². The molecule has 0 amide bonds. The molecule has 1 fully saturated rings. The van der Waals surface area contributed by atoms with E-state index in [1.165, 1.54) is 43.2 Å². The molecule has 2 nitrogen and oxygen atoms in total.